The first-order chi connectivity index (χ1) is 8.95. The first-order valence-electron chi connectivity index (χ1n) is 6.43. The van der Waals surface area contributed by atoms with Crippen molar-refractivity contribution in [3.8, 4) is 17.0 Å². The van der Waals surface area contributed by atoms with Crippen molar-refractivity contribution in [1.29, 1.82) is 0 Å². The summed E-state index contributed by atoms with van der Waals surface area (Å²) in [7, 11) is 3.54. The minimum atomic E-state index is 0.314. The van der Waals surface area contributed by atoms with Gasteiger partial charge in [0.25, 0.3) is 0 Å². The predicted molar refractivity (Wildman–Crippen MR) is 78.4 cm³/mol. The Kier molecular flexibility index (Phi) is 3.51. The predicted octanol–water partition coefficient (Wildman–Crippen LogP) is 3.11. The highest BCUT2D eigenvalue weighted by Gasteiger charge is 2.20. The summed E-state index contributed by atoms with van der Waals surface area (Å²) < 4.78 is 7.18. The number of anilines is 1. The van der Waals surface area contributed by atoms with E-state index in [1.54, 1.807) is 11.8 Å². The maximum atomic E-state index is 6.13. The maximum Gasteiger partial charge on any atom is 0.128 e. The lowest BCUT2D eigenvalue weighted by Gasteiger charge is -2.11. The van der Waals surface area contributed by atoms with Gasteiger partial charge < -0.3 is 10.5 Å². The van der Waals surface area contributed by atoms with Gasteiger partial charge in [-0.2, -0.15) is 5.10 Å². The summed E-state index contributed by atoms with van der Waals surface area (Å²) in [4.78, 5) is 0. The minimum Gasteiger partial charge on any atom is -0.496 e. The molecule has 1 aromatic carbocycles. The maximum absolute atomic E-state index is 6.13. The molecule has 4 heteroatoms. The van der Waals surface area contributed by atoms with Crippen LogP contribution in [0.4, 0.5) is 5.82 Å². The van der Waals surface area contributed by atoms with Gasteiger partial charge in [-0.15, -0.1) is 0 Å². The number of aromatic nitrogens is 2. The molecule has 0 saturated carbocycles. The van der Waals surface area contributed by atoms with Gasteiger partial charge in [0.1, 0.15) is 17.3 Å². The van der Waals surface area contributed by atoms with E-state index in [9.17, 15) is 0 Å². The molecular formula is C15H21N3O. The Hall–Kier alpha value is -1.97. The van der Waals surface area contributed by atoms with E-state index < -0.39 is 0 Å². The highest BCUT2D eigenvalue weighted by Crippen LogP contribution is 2.37. The molecule has 0 unspecified atom stereocenters. The molecular weight excluding hydrogens is 238 g/mol. The third-order valence-corrected chi connectivity index (χ3v) is 3.32. The van der Waals surface area contributed by atoms with Crippen molar-refractivity contribution in [2.75, 3.05) is 12.8 Å². The summed E-state index contributed by atoms with van der Waals surface area (Å²) in [6, 6.07) is 6.09. The van der Waals surface area contributed by atoms with Crippen LogP contribution in [-0.2, 0) is 7.05 Å². The van der Waals surface area contributed by atoms with Crippen molar-refractivity contribution in [2.24, 2.45) is 7.05 Å². The number of benzene rings is 1. The van der Waals surface area contributed by atoms with Crippen LogP contribution in [0.15, 0.2) is 18.2 Å². The first kappa shape index (κ1) is 13.5. The normalized spacial score (nSPS) is 11.1. The van der Waals surface area contributed by atoms with Gasteiger partial charge in [0.05, 0.1) is 7.11 Å². The SMILES string of the molecule is COc1ccc(C)cc1-c1nn(C)c(N)c1C(C)C. The van der Waals surface area contributed by atoms with Crippen molar-refractivity contribution in [3.05, 3.63) is 29.3 Å². The molecule has 0 spiro atoms. The van der Waals surface area contributed by atoms with Gasteiger partial charge in [-0.1, -0.05) is 25.5 Å². The molecule has 0 atom stereocenters. The monoisotopic (exact) mass is 259 g/mol. The van der Waals surface area contributed by atoms with Crippen LogP contribution in [0.1, 0.15) is 30.9 Å². The van der Waals surface area contributed by atoms with Gasteiger partial charge in [-0.3, -0.25) is 4.68 Å². The van der Waals surface area contributed by atoms with E-state index in [0.717, 1.165) is 22.6 Å². The van der Waals surface area contributed by atoms with Crippen LogP contribution >= 0.6 is 0 Å². The van der Waals surface area contributed by atoms with E-state index >= 15 is 0 Å². The fraction of sp³-hybridized carbons (Fsp3) is 0.400. The first-order valence-corrected chi connectivity index (χ1v) is 6.43. The van der Waals surface area contributed by atoms with Gasteiger partial charge in [0, 0.05) is 18.2 Å². The fourth-order valence-electron chi connectivity index (χ4n) is 2.33. The van der Waals surface area contributed by atoms with Crippen molar-refractivity contribution >= 4 is 5.82 Å². The molecule has 102 valence electrons. The second-order valence-corrected chi connectivity index (χ2v) is 5.13. The zero-order valence-electron chi connectivity index (χ0n) is 12.2. The summed E-state index contributed by atoms with van der Waals surface area (Å²) in [6.07, 6.45) is 0. The smallest absolute Gasteiger partial charge is 0.128 e. The summed E-state index contributed by atoms with van der Waals surface area (Å²) >= 11 is 0. The summed E-state index contributed by atoms with van der Waals surface area (Å²) in [5, 5.41) is 4.56. The molecule has 0 saturated heterocycles. The van der Waals surface area contributed by atoms with E-state index in [0.29, 0.717) is 11.7 Å². The Morgan fingerprint density at radius 3 is 2.58 bits per heavy atom. The van der Waals surface area contributed by atoms with Gasteiger partial charge in [-0.25, -0.2) is 0 Å². The fourth-order valence-corrected chi connectivity index (χ4v) is 2.33. The quantitative estimate of drug-likeness (QED) is 0.921. The molecule has 2 N–H and O–H groups in total. The molecule has 0 aliphatic rings. The van der Waals surface area contributed by atoms with Gasteiger partial charge in [0.15, 0.2) is 0 Å². The van der Waals surface area contributed by atoms with E-state index in [-0.39, 0.29) is 0 Å². The molecule has 2 rings (SSSR count). The number of rotatable bonds is 3. The van der Waals surface area contributed by atoms with Crippen LogP contribution in [0.25, 0.3) is 11.3 Å². The van der Waals surface area contributed by atoms with Crippen LogP contribution < -0.4 is 10.5 Å². The van der Waals surface area contributed by atoms with Crippen molar-refractivity contribution in [3.63, 3.8) is 0 Å². The lowest BCUT2D eigenvalue weighted by atomic mass is 9.97. The molecule has 0 aliphatic heterocycles. The average Bonchev–Trinajstić information content (AvgIpc) is 2.65. The average molecular weight is 259 g/mol. The third-order valence-electron chi connectivity index (χ3n) is 3.32. The minimum absolute atomic E-state index is 0.314. The highest BCUT2D eigenvalue weighted by molar-refractivity contribution is 5.74. The lowest BCUT2D eigenvalue weighted by Crippen LogP contribution is -2.00. The summed E-state index contributed by atoms with van der Waals surface area (Å²) in [5.74, 6) is 1.85. The largest absolute Gasteiger partial charge is 0.496 e. The molecule has 19 heavy (non-hydrogen) atoms. The molecule has 0 bridgehead atoms. The van der Waals surface area contributed by atoms with Gasteiger partial charge >= 0.3 is 0 Å². The van der Waals surface area contributed by atoms with Crippen LogP contribution in [0.5, 0.6) is 5.75 Å². The van der Waals surface area contributed by atoms with Crippen LogP contribution in [0.2, 0.25) is 0 Å². The van der Waals surface area contributed by atoms with Crippen LogP contribution in [0, 0.1) is 6.92 Å². The molecule has 4 nitrogen and oxygen atoms in total. The van der Waals surface area contributed by atoms with Gasteiger partial charge in [-0.05, 0) is 25.0 Å². The third kappa shape index (κ3) is 2.30. The summed E-state index contributed by atoms with van der Waals surface area (Å²) in [5.41, 5.74) is 10.3. The Labute approximate surface area is 114 Å². The zero-order chi connectivity index (χ0) is 14.2. The second kappa shape index (κ2) is 4.96. The van der Waals surface area contributed by atoms with Crippen LogP contribution in [-0.4, -0.2) is 16.9 Å². The molecule has 0 radical (unpaired) electrons. The number of nitrogens with two attached hydrogens (primary N) is 1. The number of nitrogen functional groups attached to an aromatic ring is 1. The number of hydrogen-bond donors (Lipinski definition) is 1. The number of nitrogens with zero attached hydrogens (tertiary/aromatic N) is 2. The number of ether oxygens (including phenoxy) is 1. The molecule has 2 aromatic rings. The number of aryl methyl sites for hydroxylation is 2. The summed E-state index contributed by atoms with van der Waals surface area (Å²) in [6.45, 7) is 6.31. The van der Waals surface area contributed by atoms with E-state index in [4.69, 9.17) is 10.5 Å². The Balaban J connectivity index is 2.71. The van der Waals surface area contributed by atoms with E-state index in [1.807, 2.05) is 19.2 Å². The Morgan fingerprint density at radius 2 is 2.00 bits per heavy atom. The van der Waals surface area contributed by atoms with Crippen molar-refractivity contribution in [1.82, 2.24) is 9.78 Å². The molecule has 1 aromatic heterocycles. The standard InChI is InChI=1S/C15H21N3O/c1-9(2)13-14(17-18(4)15(13)16)11-8-10(3)6-7-12(11)19-5/h6-9H,16H2,1-5H3. The lowest BCUT2D eigenvalue weighted by molar-refractivity contribution is 0.416. The molecule has 0 aliphatic carbocycles. The van der Waals surface area contributed by atoms with Crippen molar-refractivity contribution < 1.29 is 4.74 Å². The van der Waals surface area contributed by atoms with Gasteiger partial charge in [0.2, 0.25) is 0 Å². The molecule has 0 fully saturated rings. The number of hydrogen-bond acceptors (Lipinski definition) is 3. The molecule has 1 heterocycles. The molecule has 0 amide bonds. The number of methoxy groups -OCH3 is 1. The van der Waals surface area contributed by atoms with E-state index in [2.05, 4.69) is 31.9 Å². The Bertz CT molecular complexity index is 600. The van der Waals surface area contributed by atoms with Crippen molar-refractivity contribution in [2.45, 2.75) is 26.7 Å². The topological polar surface area (TPSA) is 53.1 Å². The van der Waals surface area contributed by atoms with Crippen LogP contribution in [0.3, 0.4) is 0 Å². The van der Waals surface area contributed by atoms with E-state index in [1.165, 1.54) is 5.56 Å². The Morgan fingerprint density at radius 1 is 1.32 bits per heavy atom. The highest BCUT2D eigenvalue weighted by atomic mass is 16.5. The second-order valence-electron chi connectivity index (χ2n) is 5.13. The zero-order valence-corrected chi connectivity index (χ0v) is 12.2.